The minimum absolute atomic E-state index is 0.251. The summed E-state index contributed by atoms with van der Waals surface area (Å²) in [6, 6.07) is 10.0. The van der Waals surface area contributed by atoms with E-state index in [4.69, 9.17) is 4.74 Å². The largest absolute Gasteiger partial charge is 0.455 e. The highest BCUT2D eigenvalue weighted by molar-refractivity contribution is 7.09. The number of halogens is 1. The van der Waals surface area contributed by atoms with Crippen LogP contribution < -0.4 is 0 Å². The lowest BCUT2D eigenvalue weighted by atomic mass is 9.79. The summed E-state index contributed by atoms with van der Waals surface area (Å²) < 4.78 is 19.0. The molecule has 138 valence electrons. The number of ether oxygens (including phenoxy) is 1. The van der Waals surface area contributed by atoms with Crippen LogP contribution in [0.1, 0.15) is 36.1 Å². The third-order valence-corrected chi connectivity index (χ3v) is 5.81. The number of benzene rings is 1. The molecule has 0 bridgehead atoms. The third kappa shape index (κ3) is 3.96. The summed E-state index contributed by atoms with van der Waals surface area (Å²) in [7, 11) is 1.69. The molecule has 0 radical (unpaired) electrons. The van der Waals surface area contributed by atoms with Crippen molar-refractivity contribution in [2.75, 3.05) is 13.7 Å². The van der Waals surface area contributed by atoms with E-state index in [-0.39, 0.29) is 18.3 Å². The van der Waals surface area contributed by atoms with Gasteiger partial charge in [0.05, 0.1) is 12.0 Å². The summed E-state index contributed by atoms with van der Waals surface area (Å²) in [5, 5.41) is 1.95. The minimum atomic E-state index is -0.839. The van der Waals surface area contributed by atoms with E-state index in [2.05, 4.69) is 0 Å². The van der Waals surface area contributed by atoms with E-state index in [0.29, 0.717) is 24.9 Å². The van der Waals surface area contributed by atoms with Gasteiger partial charge in [-0.3, -0.25) is 9.59 Å². The van der Waals surface area contributed by atoms with Crippen LogP contribution in [0.5, 0.6) is 0 Å². The zero-order valence-electron chi connectivity index (χ0n) is 14.7. The first-order chi connectivity index (χ1) is 12.5. The first-order valence-electron chi connectivity index (χ1n) is 8.71. The molecule has 1 amide bonds. The maximum absolute atomic E-state index is 13.6. The van der Waals surface area contributed by atoms with Crippen LogP contribution >= 0.6 is 11.3 Å². The van der Waals surface area contributed by atoms with Gasteiger partial charge in [0.25, 0.3) is 5.91 Å². The van der Waals surface area contributed by atoms with Crippen molar-refractivity contribution in [2.24, 2.45) is 0 Å². The molecule has 2 aromatic rings. The molecule has 1 saturated carbocycles. The van der Waals surface area contributed by atoms with Gasteiger partial charge in [-0.05, 0) is 42.0 Å². The van der Waals surface area contributed by atoms with Gasteiger partial charge in [0.1, 0.15) is 5.82 Å². The number of hydrogen-bond acceptors (Lipinski definition) is 4. The fourth-order valence-electron chi connectivity index (χ4n) is 3.48. The maximum Gasteiger partial charge on any atom is 0.317 e. The van der Waals surface area contributed by atoms with Gasteiger partial charge in [-0.15, -0.1) is 11.3 Å². The molecular weight excluding hydrogens is 353 g/mol. The van der Waals surface area contributed by atoms with E-state index in [1.165, 1.54) is 12.1 Å². The molecule has 1 fully saturated rings. The Morgan fingerprint density at radius 3 is 2.65 bits per heavy atom. The Hall–Kier alpha value is -2.21. The molecule has 3 rings (SSSR count). The number of carbonyl (C=O) groups excluding carboxylic acids is 2. The highest BCUT2D eigenvalue weighted by Crippen LogP contribution is 2.42. The number of carbonyl (C=O) groups is 2. The van der Waals surface area contributed by atoms with Crippen molar-refractivity contribution in [2.45, 2.75) is 37.6 Å². The molecule has 0 N–H and O–H groups in total. The number of nitrogens with zero attached hydrogens (tertiary/aromatic N) is 1. The molecular formula is C20H22FNO3S. The van der Waals surface area contributed by atoms with Crippen LogP contribution in [-0.4, -0.2) is 30.4 Å². The Morgan fingerprint density at radius 1 is 1.23 bits per heavy atom. The molecule has 1 aromatic carbocycles. The average molecular weight is 375 g/mol. The Kier molecular flexibility index (Phi) is 5.71. The van der Waals surface area contributed by atoms with Crippen LogP contribution in [0.4, 0.5) is 4.39 Å². The summed E-state index contributed by atoms with van der Waals surface area (Å²) in [4.78, 5) is 27.7. The fourth-order valence-corrected chi connectivity index (χ4v) is 4.23. The quantitative estimate of drug-likeness (QED) is 0.720. The molecule has 1 aliphatic rings. The van der Waals surface area contributed by atoms with Crippen molar-refractivity contribution < 1.29 is 18.7 Å². The molecule has 1 aliphatic carbocycles. The second-order valence-corrected chi connectivity index (χ2v) is 7.74. The summed E-state index contributed by atoms with van der Waals surface area (Å²) >= 11 is 1.57. The number of esters is 1. The standard InChI is InChI=1S/C20H22FNO3S/c1-22(13-17-8-5-11-26-17)18(23)14-25-19(24)20(9-2-3-10-20)15-6-4-7-16(21)12-15/h4-8,11-12H,2-3,9-10,13-14H2,1H3. The van der Waals surface area contributed by atoms with Gasteiger partial charge in [-0.1, -0.05) is 31.0 Å². The van der Waals surface area contributed by atoms with Gasteiger partial charge in [0.15, 0.2) is 6.61 Å². The number of hydrogen-bond donors (Lipinski definition) is 0. The summed E-state index contributed by atoms with van der Waals surface area (Å²) in [6.45, 7) is 0.195. The second-order valence-electron chi connectivity index (χ2n) is 6.70. The molecule has 1 aromatic heterocycles. The highest BCUT2D eigenvalue weighted by Gasteiger charge is 2.44. The minimum Gasteiger partial charge on any atom is -0.455 e. The summed E-state index contributed by atoms with van der Waals surface area (Å²) in [5.74, 6) is -1.05. The van der Waals surface area contributed by atoms with Gasteiger partial charge in [0, 0.05) is 11.9 Å². The first kappa shape index (κ1) is 18.6. The Balaban J connectivity index is 1.64. The van der Waals surface area contributed by atoms with E-state index < -0.39 is 11.4 Å². The number of amides is 1. The molecule has 4 nitrogen and oxygen atoms in total. The predicted molar refractivity (Wildman–Crippen MR) is 98.3 cm³/mol. The Labute approximate surface area is 156 Å². The first-order valence-corrected chi connectivity index (χ1v) is 9.59. The molecule has 0 atom stereocenters. The van der Waals surface area contributed by atoms with E-state index in [1.54, 1.807) is 35.4 Å². The van der Waals surface area contributed by atoms with Crippen LogP contribution in [-0.2, 0) is 26.3 Å². The monoisotopic (exact) mass is 375 g/mol. The highest BCUT2D eigenvalue weighted by atomic mass is 32.1. The normalized spacial score (nSPS) is 15.6. The van der Waals surface area contributed by atoms with E-state index in [9.17, 15) is 14.0 Å². The van der Waals surface area contributed by atoms with Crippen LogP contribution in [0.15, 0.2) is 41.8 Å². The Bertz CT molecular complexity index is 769. The van der Waals surface area contributed by atoms with Gasteiger partial charge in [-0.25, -0.2) is 4.39 Å². The molecule has 6 heteroatoms. The van der Waals surface area contributed by atoms with Crippen LogP contribution in [0.3, 0.4) is 0 Å². The van der Waals surface area contributed by atoms with E-state index in [1.807, 2.05) is 17.5 Å². The average Bonchev–Trinajstić information content (AvgIpc) is 3.31. The number of rotatable bonds is 6. The van der Waals surface area contributed by atoms with Crippen molar-refractivity contribution in [3.8, 4) is 0 Å². The lowest BCUT2D eigenvalue weighted by Gasteiger charge is -2.27. The third-order valence-electron chi connectivity index (χ3n) is 4.95. The SMILES string of the molecule is CN(Cc1cccs1)C(=O)COC(=O)C1(c2cccc(F)c2)CCCC1. The van der Waals surface area contributed by atoms with Crippen LogP contribution in [0.2, 0.25) is 0 Å². The van der Waals surface area contributed by atoms with Crippen molar-refractivity contribution in [1.29, 1.82) is 0 Å². The lowest BCUT2D eigenvalue weighted by molar-refractivity contribution is -0.156. The van der Waals surface area contributed by atoms with Crippen molar-refractivity contribution in [1.82, 2.24) is 4.90 Å². The van der Waals surface area contributed by atoms with Gasteiger partial charge in [0.2, 0.25) is 0 Å². The smallest absolute Gasteiger partial charge is 0.317 e. The molecule has 0 spiro atoms. The molecule has 26 heavy (non-hydrogen) atoms. The number of thiophene rings is 1. The number of likely N-dealkylation sites (N-methyl/N-ethyl adjacent to an activating group) is 1. The van der Waals surface area contributed by atoms with Crippen LogP contribution in [0, 0.1) is 5.82 Å². The zero-order valence-corrected chi connectivity index (χ0v) is 15.6. The predicted octanol–water partition coefficient (Wildman–Crippen LogP) is 3.90. The van der Waals surface area contributed by atoms with E-state index >= 15 is 0 Å². The molecule has 0 unspecified atom stereocenters. The second kappa shape index (κ2) is 7.99. The van der Waals surface area contributed by atoms with Gasteiger partial charge in [-0.2, -0.15) is 0 Å². The maximum atomic E-state index is 13.6. The lowest BCUT2D eigenvalue weighted by Crippen LogP contribution is -2.38. The van der Waals surface area contributed by atoms with E-state index in [0.717, 1.165) is 17.7 Å². The van der Waals surface area contributed by atoms with Gasteiger partial charge >= 0.3 is 5.97 Å². The Morgan fingerprint density at radius 2 is 2.00 bits per heavy atom. The van der Waals surface area contributed by atoms with Crippen molar-refractivity contribution >= 4 is 23.2 Å². The van der Waals surface area contributed by atoms with Gasteiger partial charge < -0.3 is 9.64 Å². The summed E-state index contributed by atoms with van der Waals surface area (Å²) in [6.07, 6.45) is 3.01. The topological polar surface area (TPSA) is 46.6 Å². The van der Waals surface area contributed by atoms with Crippen molar-refractivity contribution in [3.63, 3.8) is 0 Å². The van der Waals surface area contributed by atoms with Crippen molar-refractivity contribution in [3.05, 3.63) is 58.0 Å². The summed E-state index contributed by atoms with van der Waals surface area (Å²) in [5.41, 5.74) is -0.200. The molecule has 0 saturated heterocycles. The van der Waals surface area contributed by atoms with Crippen LogP contribution in [0.25, 0.3) is 0 Å². The zero-order chi connectivity index (χ0) is 18.6. The fraction of sp³-hybridized carbons (Fsp3) is 0.400. The molecule has 1 heterocycles. The molecule has 0 aliphatic heterocycles.